The largest absolute Gasteiger partial charge is 0.492 e. The van der Waals surface area contributed by atoms with Crippen molar-refractivity contribution >= 4 is 11.9 Å². The fourth-order valence-electron chi connectivity index (χ4n) is 2.64. The zero-order valence-corrected chi connectivity index (χ0v) is 12.8. The fourth-order valence-corrected chi connectivity index (χ4v) is 2.64. The Morgan fingerprint density at radius 3 is 2.96 bits per heavy atom. The second-order valence-electron chi connectivity index (χ2n) is 5.42. The summed E-state index contributed by atoms with van der Waals surface area (Å²) in [6, 6.07) is 11.8. The van der Waals surface area contributed by atoms with E-state index in [4.69, 9.17) is 9.47 Å². The summed E-state index contributed by atoms with van der Waals surface area (Å²) >= 11 is 0. The van der Waals surface area contributed by atoms with Gasteiger partial charge >= 0.3 is 0 Å². The van der Waals surface area contributed by atoms with Crippen molar-refractivity contribution in [1.29, 1.82) is 0 Å². The van der Waals surface area contributed by atoms with Gasteiger partial charge in [0.15, 0.2) is 5.78 Å². The van der Waals surface area contributed by atoms with Crippen molar-refractivity contribution in [2.75, 3.05) is 13.7 Å². The van der Waals surface area contributed by atoms with Gasteiger partial charge in [-0.2, -0.15) is 0 Å². The monoisotopic (exact) mass is 312 g/mol. The quantitative estimate of drug-likeness (QED) is 0.803. The molecular formula is C19H17FO3. The summed E-state index contributed by atoms with van der Waals surface area (Å²) in [5, 5.41) is 0. The van der Waals surface area contributed by atoms with Gasteiger partial charge in [-0.1, -0.05) is 18.2 Å². The maximum atomic E-state index is 13.5. The van der Waals surface area contributed by atoms with Crippen LogP contribution in [0.5, 0.6) is 5.75 Å². The normalized spacial score (nSPS) is 15.9. The van der Waals surface area contributed by atoms with Gasteiger partial charge in [-0.3, -0.25) is 4.79 Å². The third-order valence-electron chi connectivity index (χ3n) is 3.71. The van der Waals surface area contributed by atoms with Crippen molar-refractivity contribution in [3.63, 3.8) is 0 Å². The van der Waals surface area contributed by atoms with Crippen LogP contribution >= 0.6 is 0 Å². The van der Waals surface area contributed by atoms with Gasteiger partial charge in [0.25, 0.3) is 0 Å². The average molecular weight is 312 g/mol. The molecule has 2 aromatic carbocycles. The highest BCUT2D eigenvalue weighted by atomic mass is 19.1. The van der Waals surface area contributed by atoms with Crippen molar-refractivity contribution in [2.24, 2.45) is 0 Å². The first-order valence-electron chi connectivity index (χ1n) is 7.43. The molecule has 0 saturated heterocycles. The van der Waals surface area contributed by atoms with E-state index in [9.17, 15) is 9.18 Å². The molecule has 0 unspecified atom stereocenters. The highest BCUT2D eigenvalue weighted by molar-refractivity contribution is 6.13. The van der Waals surface area contributed by atoms with Gasteiger partial charge in [0.2, 0.25) is 0 Å². The van der Waals surface area contributed by atoms with Crippen LogP contribution in [0.2, 0.25) is 0 Å². The van der Waals surface area contributed by atoms with Crippen molar-refractivity contribution in [1.82, 2.24) is 0 Å². The van der Waals surface area contributed by atoms with Gasteiger partial charge in [-0.05, 0) is 41.5 Å². The molecule has 0 radical (unpaired) electrons. The van der Waals surface area contributed by atoms with E-state index in [1.165, 1.54) is 18.2 Å². The maximum absolute atomic E-state index is 13.5. The molecule has 3 nitrogen and oxygen atoms in total. The van der Waals surface area contributed by atoms with E-state index in [-0.39, 0.29) is 11.3 Å². The van der Waals surface area contributed by atoms with E-state index in [1.54, 1.807) is 7.11 Å². The number of methoxy groups -OCH3 is 1. The summed E-state index contributed by atoms with van der Waals surface area (Å²) in [6.45, 7) is 0.913. The number of benzene rings is 2. The molecule has 0 bridgehead atoms. The summed E-state index contributed by atoms with van der Waals surface area (Å²) in [4.78, 5) is 12.7. The maximum Gasteiger partial charge on any atom is 0.192 e. The number of carbonyl (C=O) groups excluding carboxylic acids is 1. The molecule has 1 aliphatic rings. The van der Waals surface area contributed by atoms with Gasteiger partial charge in [-0.15, -0.1) is 0 Å². The van der Waals surface area contributed by atoms with E-state index < -0.39 is 5.82 Å². The van der Waals surface area contributed by atoms with Crippen LogP contribution < -0.4 is 4.74 Å². The molecule has 3 rings (SSSR count). The smallest absolute Gasteiger partial charge is 0.192 e. The number of ether oxygens (including phenoxy) is 2. The predicted molar refractivity (Wildman–Crippen MR) is 86.0 cm³/mol. The van der Waals surface area contributed by atoms with Gasteiger partial charge in [0.05, 0.1) is 18.8 Å². The van der Waals surface area contributed by atoms with Gasteiger partial charge < -0.3 is 9.47 Å². The Balaban J connectivity index is 1.96. The molecule has 118 valence electrons. The Morgan fingerprint density at radius 2 is 2.13 bits per heavy atom. The van der Waals surface area contributed by atoms with E-state index in [0.717, 1.165) is 11.1 Å². The van der Waals surface area contributed by atoms with Gasteiger partial charge in [0, 0.05) is 19.1 Å². The number of halogens is 1. The van der Waals surface area contributed by atoms with E-state index >= 15 is 0 Å². The summed E-state index contributed by atoms with van der Waals surface area (Å²) in [6.07, 6.45) is 2.33. The summed E-state index contributed by atoms with van der Waals surface area (Å²) in [5.41, 5.74) is 2.85. The lowest BCUT2D eigenvalue weighted by Crippen LogP contribution is -2.02. The first-order chi connectivity index (χ1) is 11.2. The van der Waals surface area contributed by atoms with Crippen LogP contribution in [0.4, 0.5) is 4.39 Å². The zero-order chi connectivity index (χ0) is 16.2. The molecule has 0 aliphatic carbocycles. The number of fused-ring (bicyclic) bond motifs is 1. The van der Waals surface area contributed by atoms with Gasteiger partial charge in [0.1, 0.15) is 11.6 Å². The lowest BCUT2D eigenvalue weighted by atomic mass is 9.98. The summed E-state index contributed by atoms with van der Waals surface area (Å²) < 4.78 is 24.1. The molecule has 0 N–H and O–H groups in total. The second-order valence-corrected chi connectivity index (χ2v) is 5.42. The summed E-state index contributed by atoms with van der Waals surface area (Å²) in [5.74, 6) is -0.189. The number of rotatable bonds is 3. The van der Waals surface area contributed by atoms with Crippen LogP contribution in [0, 0.1) is 5.82 Å². The molecule has 4 heteroatoms. The Morgan fingerprint density at radius 1 is 1.26 bits per heavy atom. The minimum atomic E-state index is -0.441. The Labute approximate surface area is 134 Å². The highest BCUT2D eigenvalue weighted by Crippen LogP contribution is 2.28. The fraction of sp³-hybridized carbons (Fsp3) is 0.211. The Hall–Kier alpha value is -2.46. The Kier molecular flexibility index (Phi) is 4.53. The first-order valence-corrected chi connectivity index (χ1v) is 7.43. The summed E-state index contributed by atoms with van der Waals surface area (Å²) in [7, 11) is 1.64. The molecule has 2 aromatic rings. The topological polar surface area (TPSA) is 35.5 Å². The SMILES string of the molecule is COCc1cccc(/C=C2\CCOc3ccc(F)cc3C2=O)c1. The number of hydrogen-bond acceptors (Lipinski definition) is 3. The molecule has 0 atom stereocenters. The zero-order valence-electron chi connectivity index (χ0n) is 12.8. The highest BCUT2D eigenvalue weighted by Gasteiger charge is 2.21. The number of hydrogen-bond donors (Lipinski definition) is 0. The molecule has 1 heterocycles. The van der Waals surface area contributed by atoms with Gasteiger partial charge in [-0.25, -0.2) is 4.39 Å². The first kappa shape index (κ1) is 15.4. The number of Topliss-reactive ketones (excluding diaryl/α,β-unsaturated/α-hetero) is 1. The van der Waals surface area contributed by atoms with Crippen molar-refractivity contribution in [3.05, 3.63) is 70.5 Å². The van der Waals surface area contributed by atoms with Crippen LogP contribution in [0.15, 0.2) is 48.0 Å². The Bertz CT molecular complexity index is 765. The minimum Gasteiger partial charge on any atom is -0.492 e. The molecule has 1 aliphatic heterocycles. The molecule has 23 heavy (non-hydrogen) atoms. The van der Waals surface area contributed by atoms with Crippen molar-refractivity contribution in [3.8, 4) is 5.75 Å². The average Bonchev–Trinajstić information content (AvgIpc) is 2.69. The molecule has 0 amide bonds. The third kappa shape index (κ3) is 3.48. The molecule has 0 spiro atoms. The molecule has 0 fully saturated rings. The lowest BCUT2D eigenvalue weighted by molar-refractivity contribution is 0.103. The number of carbonyl (C=O) groups is 1. The van der Waals surface area contributed by atoms with E-state index in [1.807, 2.05) is 30.3 Å². The predicted octanol–water partition coefficient (Wildman–Crippen LogP) is 4.02. The standard InChI is InChI=1S/C19H17FO3/c1-22-12-14-4-2-3-13(9-14)10-15-7-8-23-18-6-5-16(20)11-17(18)19(15)21/h2-6,9-11H,7-8,12H2,1H3/b15-10+. The van der Waals surface area contributed by atoms with Crippen molar-refractivity contribution < 1.29 is 18.7 Å². The van der Waals surface area contributed by atoms with Crippen molar-refractivity contribution in [2.45, 2.75) is 13.0 Å². The number of ketones is 1. The van der Waals surface area contributed by atoms with Crippen LogP contribution in [-0.2, 0) is 11.3 Å². The minimum absolute atomic E-state index is 0.186. The van der Waals surface area contributed by atoms with E-state index in [0.29, 0.717) is 31.0 Å². The third-order valence-corrected chi connectivity index (χ3v) is 3.71. The molecular weight excluding hydrogens is 295 g/mol. The van der Waals surface area contributed by atoms with Crippen LogP contribution in [-0.4, -0.2) is 19.5 Å². The molecule has 0 aromatic heterocycles. The van der Waals surface area contributed by atoms with E-state index in [2.05, 4.69) is 0 Å². The van der Waals surface area contributed by atoms with Crippen LogP contribution in [0.3, 0.4) is 0 Å². The molecule has 0 saturated carbocycles. The van der Waals surface area contributed by atoms with Crippen LogP contribution in [0.1, 0.15) is 27.9 Å². The second kappa shape index (κ2) is 6.75. The van der Waals surface area contributed by atoms with Crippen LogP contribution in [0.25, 0.3) is 6.08 Å². The lowest BCUT2D eigenvalue weighted by Gasteiger charge is -2.05.